The number of rotatable bonds is 10. The van der Waals surface area contributed by atoms with Crippen molar-refractivity contribution in [2.75, 3.05) is 35.0 Å². The highest BCUT2D eigenvalue weighted by atomic mass is 32.1. The third-order valence-electron chi connectivity index (χ3n) is 6.73. The van der Waals surface area contributed by atoms with Crippen LogP contribution in [0.2, 0.25) is 0 Å². The Morgan fingerprint density at radius 3 is 2.20 bits per heavy atom. The van der Waals surface area contributed by atoms with E-state index in [0.717, 1.165) is 36.3 Å². The van der Waals surface area contributed by atoms with Crippen molar-refractivity contribution in [3.8, 4) is 23.0 Å². The Morgan fingerprint density at radius 1 is 0.914 bits per heavy atom. The number of hydrogen-bond acceptors (Lipinski definition) is 7. The number of carbonyl (C=O) groups excluding carboxylic acids is 1. The molecule has 1 saturated carbocycles. The topological polar surface area (TPSA) is 78.9 Å². The summed E-state index contributed by atoms with van der Waals surface area (Å²) in [6.07, 6.45) is 4.93. The monoisotopic (exact) mass is 496 g/mol. The Morgan fingerprint density at radius 2 is 1.54 bits per heavy atom. The molecule has 0 unspecified atom stereocenters. The summed E-state index contributed by atoms with van der Waals surface area (Å²) < 4.78 is 21.6. The quantitative estimate of drug-likeness (QED) is 0.425. The lowest BCUT2D eigenvalue weighted by Gasteiger charge is -2.30. The van der Waals surface area contributed by atoms with Gasteiger partial charge in [-0.1, -0.05) is 25.0 Å². The zero-order valence-corrected chi connectivity index (χ0v) is 21.5. The molecule has 7 nitrogen and oxygen atoms in total. The summed E-state index contributed by atoms with van der Waals surface area (Å²) in [6.45, 7) is 0.559. The molecule has 1 fully saturated rings. The first-order valence-corrected chi connectivity index (χ1v) is 12.6. The number of nitrogens with zero attached hydrogens (tertiary/aromatic N) is 1. The van der Waals surface area contributed by atoms with E-state index < -0.39 is 0 Å². The number of nitrogens with one attached hydrogen (secondary N) is 1. The molecule has 1 N–H and O–H groups in total. The van der Waals surface area contributed by atoms with Crippen molar-refractivity contribution in [1.82, 2.24) is 10.3 Å². The number of amides is 1. The molecule has 35 heavy (non-hydrogen) atoms. The highest BCUT2D eigenvalue weighted by molar-refractivity contribution is 7.09. The molecule has 0 aliphatic heterocycles. The molecule has 186 valence electrons. The summed E-state index contributed by atoms with van der Waals surface area (Å²) >= 11 is 1.48. The van der Waals surface area contributed by atoms with E-state index in [1.165, 1.54) is 16.9 Å². The number of hydrogen-bond donors (Lipinski definition) is 1. The maximum absolute atomic E-state index is 13.0. The van der Waals surface area contributed by atoms with Gasteiger partial charge in [-0.25, -0.2) is 4.98 Å². The molecule has 2 aromatic carbocycles. The highest BCUT2D eigenvalue weighted by Crippen LogP contribution is 2.43. The summed E-state index contributed by atoms with van der Waals surface area (Å²) in [6, 6.07) is 11.9. The Balaban J connectivity index is 1.44. The summed E-state index contributed by atoms with van der Waals surface area (Å²) in [5.41, 5.74) is 2.54. The van der Waals surface area contributed by atoms with Gasteiger partial charge in [-0.05, 0) is 48.2 Å². The van der Waals surface area contributed by atoms with Crippen molar-refractivity contribution in [1.29, 1.82) is 0 Å². The minimum Gasteiger partial charge on any atom is -0.493 e. The molecule has 3 aromatic rings. The molecule has 0 bridgehead atoms. The number of aromatic nitrogens is 1. The maximum Gasteiger partial charge on any atom is 0.270 e. The predicted octanol–water partition coefficient (Wildman–Crippen LogP) is 5.01. The fourth-order valence-corrected chi connectivity index (χ4v) is 5.60. The molecule has 1 aromatic heterocycles. The van der Waals surface area contributed by atoms with Gasteiger partial charge < -0.3 is 24.3 Å². The number of thiazole rings is 1. The fourth-order valence-electron chi connectivity index (χ4n) is 4.79. The molecule has 0 saturated heterocycles. The van der Waals surface area contributed by atoms with Gasteiger partial charge in [-0.2, -0.15) is 0 Å². The summed E-state index contributed by atoms with van der Waals surface area (Å²) in [7, 11) is 6.51. The van der Waals surface area contributed by atoms with Gasteiger partial charge in [0.25, 0.3) is 5.91 Å². The number of carbonyl (C=O) groups is 1. The van der Waals surface area contributed by atoms with Crippen molar-refractivity contribution in [2.45, 2.75) is 37.5 Å². The van der Waals surface area contributed by atoms with Gasteiger partial charge in [0.2, 0.25) is 0 Å². The van der Waals surface area contributed by atoms with Gasteiger partial charge in [-0.15, -0.1) is 11.3 Å². The van der Waals surface area contributed by atoms with Crippen LogP contribution < -0.4 is 24.3 Å². The molecule has 1 heterocycles. The van der Waals surface area contributed by atoms with Crippen molar-refractivity contribution >= 4 is 17.2 Å². The molecule has 0 radical (unpaired) electrons. The van der Waals surface area contributed by atoms with Crippen LogP contribution in [0.3, 0.4) is 0 Å². The fraction of sp³-hybridized carbons (Fsp3) is 0.407. The number of methoxy groups -OCH3 is 4. The average Bonchev–Trinajstić information content (AvgIpc) is 3.57. The van der Waals surface area contributed by atoms with E-state index in [9.17, 15) is 4.79 Å². The largest absolute Gasteiger partial charge is 0.493 e. The van der Waals surface area contributed by atoms with E-state index in [4.69, 9.17) is 18.9 Å². The Bertz CT molecular complexity index is 1170. The SMILES string of the molecule is COc1ccc(Cc2nc(C(=O)NCC3(c4ccc(OC)c(OC)c4)CCCC3)cs2)cc1OC. The Hall–Kier alpha value is -3.26. The van der Waals surface area contributed by atoms with Crippen LogP contribution in [0.1, 0.15) is 52.3 Å². The number of ether oxygens (including phenoxy) is 4. The predicted molar refractivity (Wildman–Crippen MR) is 136 cm³/mol. The van der Waals surface area contributed by atoms with Gasteiger partial charge >= 0.3 is 0 Å². The van der Waals surface area contributed by atoms with Gasteiger partial charge in [-0.3, -0.25) is 4.79 Å². The van der Waals surface area contributed by atoms with Crippen LogP contribution in [0.4, 0.5) is 0 Å². The lowest BCUT2D eigenvalue weighted by atomic mass is 9.78. The molecular formula is C27H32N2O5S. The van der Waals surface area contributed by atoms with Gasteiger partial charge in [0.1, 0.15) is 5.69 Å². The highest BCUT2D eigenvalue weighted by Gasteiger charge is 2.36. The van der Waals surface area contributed by atoms with Gasteiger partial charge in [0, 0.05) is 23.8 Å². The van der Waals surface area contributed by atoms with E-state index in [2.05, 4.69) is 16.4 Å². The van der Waals surface area contributed by atoms with Crippen molar-refractivity contribution in [3.63, 3.8) is 0 Å². The Labute approximate surface area is 210 Å². The molecule has 4 rings (SSSR count). The zero-order valence-electron chi connectivity index (χ0n) is 20.7. The van der Waals surface area contributed by atoms with E-state index >= 15 is 0 Å². The minimum atomic E-state index is -0.147. The molecule has 1 aliphatic rings. The molecular weight excluding hydrogens is 464 g/mol. The first-order chi connectivity index (χ1) is 17.0. The second kappa shape index (κ2) is 11.0. The van der Waals surface area contributed by atoms with Crippen LogP contribution in [0.15, 0.2) is 41.8 Å². The van der Waals surface area contributed by atoms with Crippen molar-refractivity contribution in [3.05, 3.63) is 63.6 Å². The third kappa shape index (κ3) is 5.37. The van der Waals surface area contributed by atoms with E-state index in [-0.39, 0.29) is 11.3 Å². The molecule has 0 spiro atoms. The first kappa shape index (κ1) is 24.9. The molecule has 0 atom stereocenters. The summed E-state index contributed by atoms with van der Waals surface area (Å²) in [5.74, 6) is 2.63. The van der Waals surface area contributed by atoms with Crippen LogP contribution in [0.25, 0.3) is 0 Å². The smallest absolute Gasteiger partial charge is 0.270 e. The molecule has 1 amide bonds. The van der Waals surface area contributed by atoms with Crippen molar-refractivity contribution < 1.29 is 23.7 Å². The maximum atomic E-state index is 13.0. The van der Waals surface area contributed by atoms with E-state index in [0.29, 0.717) is 41.7 Å². The van der Waals surface area contributed by atoms with Gasteiger partial charge in [0.05, 0.1) is 33.4 Å². The first-order valence-electron chi connectivity index (χ1n) is 11.7. The van der Waals surface area contributed by atoms with Crippen molar-refractivity contribution in [2.24, 2.45) is 0 Å². The lowest BCUT2D eigenvalue weighted by molar-refractivity contribution is 0.0938. The second-order valence-electron chi connectivity index (χ2n) is 8.73. The van der Waals surface area contributed by atoms with E-state index in [1.807, 2.05) is 35.7 Å². The summed E-state index contributed by atoms with van der Waals surface area (Å²) in [5, 5.41) is 5.85. The minimum absolute atomic E-state index is 0.117. The van der Waals surface area contributed by atoms with Crippen LogP contribution >= 0.6 is 11.3 Å². The van der Waals surface area contributed by atoms with Gasteiger partial charge in [0.15, 0.2) is 23.0 Å². The zero-order chi connectivity index (χ0) is 24.8. The Kier molecular flexibility index (Phi) is 7.80. The normalized spacial score (nSPS) is 14.4. The third-order valence-corrected chi connectivity index (χ3v) is 7.58. The second-order valence-corrected chi connectivity index (χ2v) is 9.68. The lowest BCUT2D eigenvalue weighted by Crippen LogP contribution is -2.39. The van der Waals surface area contributed by atoms with Crippen LogP contribution in [0, 0.1) is 0 Å². The van der Waals surface area contributed by atoms with Crippen LogP contribution in [0.5, 0.6) is 23.0 Å². The van der Waals surface area contributed by atoms with E-state index in [1.54, 1.807) is 28.4 Å². The molecule has 1 aliphatic carbocycles. The van der Waals surface area contributed by atoms with Crippen LogP contribution in [-0.4, -0.2) is 45.9 Å². The number of benzene rings is 2. The van der Waals surface area contributed by atoms with Crippen LogP contribution in [-0.2, 0) is 11.8 Å². The molecule has 8 heteroatoms. The summed E-state index contributed by atoms with van der Waals surface area (Å²) in [4.78, 5) is 17.6. The standard InChI is InChI=1S/C27H32N2O5S/c1-31-21-9-7-18(13-23(21)33-3)14-25-29-20(16-35-25)26(30)28-17-27(11-5-6-12-27)19-8-10-22(32-2)24(15-19)34-4/h7-10,13,15-16H,5-6,11-12,14,17H2,1-4H3,(H,28,30). The average molecular weight is 497 g/mol.